The van der Waals surface area contributed by atoms with Crippen molar-refractivity contribution in [1.82, 2.24) is 5.32 Å². The van der Waals surface area contributed by atoms with Gasteiger partial charge in [-0.25, -0.2) is 0 Å². The summed E-state index contributed by atoms with van der Waals surface area (Å²) in [6.45, 7) is 0. The molecule has 0 aliphatic heterocycles. The van der Waals surface area contributed by atoms with Crippen LogP contribution in [0.5, 0.6) is 0 Å². The SMILES string of the molecule is O=C(NC1CC1)c1c(NC(=O)[C@H]2[C@@H](C(=O)O)[C@H]3C=C[C@H]2C3)sc2c1CCC2. The Morgan fingerprint density at radius 3 is 2.52 bits per heavy atom. The highest BCUT2D eigenvalue weighted by atomic mass is 32.1. The van der Waals surface area contributed by atoms with Crippen molar-refractivity contribution in [2.24, 2.45) is 23.7 Å². The van der Waals surface area contributed by atoms with Gasteiger partial charge in [0, 0.05) is 10.9 Å². The third kappa shape index (κ3) is 2.79. The van der Waals surface area contributed by atoms with Gasteiger partial charge < -0.3 is 15.7 Å². The maximum atomic E-state index is 13.0. The molecular formula is C20H22N2O4S. The first-order chi connectivity index (χ1) is 13.0. The van der Waals surface area contributed by atoms with Crippen LogP contribution >= 0.6 is 11.3 Å². The summed E-state index contributed by atoms with van der Waals surface area (Å²) in [6, 6.07) is 0.255. The summed E-state index contributed by atoms with van der Waals surface area (Å²) < 4.78 is 0. The number of carboxylic acids is 1. The number of carbonyl (C=O) groups excluding carboxylic acids is 2. The molecule has 1 heterocycles. The van der Waals surface area contributed by atoms with E-state index in [4.69, 9.17) is 0 Å². The molecular weight excluding hydrogens is 364 g/mol. The molecule has 0 spiro atoms. The van der Waals surface area contributed by atoms with Gasteiger partial charge in [-0.05, 0) is 55.9 Å². The second-order valence-electron chi connectivity index (χ2n) is 8.14. The lowest BCUT2D eigenvalue weighted by molar-refractivity contribution is -0.146. The first-order valence-electron chi connectivity index (χ1n) is 9.70. The average molecular weight is 386 g/mol. The summed E-state index contributed by atoms with van der Waals surface area (Å²) in [5, 5.41) is 16.2. The molecule has 4 aliphatic carbocycles. The van der Waals surface area contributed by atoms with Crippen molar-refractivity contribution in [3.05, 3.63) is 28.2 Å². The molecule has 0 radical (unpaired) electrons. The lowest BCUT2D eigenvalue weighted by atomic mass is 9.82. The van der Waals surface area contributed by atoms with E-state index >= 15 is 0 Å². The van der Waals surface area contributed by atoms with Gasteiger partial charge in [-0.3, -0.25) is 14.4 Å². The molecule has 7 heteroatoms. The predicted molar refractivity (Wildman–Crippen MR) is 101 cm³/mol. The van der Waals surface area contributed by atoms with E-state index in [9.17, 15) is 19.5 Å². The van der Waals surface area contributed by atoms with Crippen LogP contribution in [0, 0.1) is 23.7 Å². The van der Waals surface area contributed by atoms with Gasteiger partial charge in [0.1, 0.15) is 5.00 Å². The van der Waals surface area contributed by atoms with Gasteiger partial charge in [0.25, 0.3) is 5.91 Å². The highest BCUT2D eigenvalue weighted by Crippen LogP contribution is 2.49. The Hall–Kier alpha value is -2.15. The van der Waals surface area contributed by atoms with Crippen molar-refractivity contribution in [2.45, 2.75) is 44.6 Å². The molecule has 4 aliphatic rings. The van der Waals surface area contributed by atoms with Gasteiger partial charge in [-0.15, -0.1) is 11.3 Å². The van der Waals surface area contributed by atoms with Crippen molar-refractivity contribution in [2.75, 3.05) is 5.32 Å². The number of hydrogen-bond donors (Lipinski definition) is 3. The van der Waals surface area contributed by atoms with Crippen molar-refractivity contribution in [1.29, 1.82) is 0 Å². The van der Waals surface area contributed by atoms with Gasteiger partial charge in [-0.1, -0.05) is 12.2 Å². The molecule has 2 saturated carbocycles. The Kier molecular flexibility index (Phi) is 3.89. The number of aryl methyl sites for hydroxylation is 1. The molecule has 27 heavy (non-hydrogen) atoms. The fourth-order valence-electron chi connectivity index (χ4n) is 4.93. The molecule has 2 bridgehead atoms. The number of allylic oxidation sites excluding steroid dienone is 2. The van der Waals surface area contributed by atoms with E-state index in [1.54, 1.807) is 0 Å². The van der Waals surface area contributed by atoms with E-state index < -0.39 is 17.8 Å². The number of fused-ring (bicyclic) bond motifs is 3. The second kappa shape index (κ2) is 6.19. The first-order valence-corrected chi connectivity index (χ1v) is 10.5. The molecule has 142 valence electrons. The summed E-state index contributed by atoms with van der Waals surface area (Å²) in [5.74, 6) is -2.59. The lowest BCUT2D eigenvalue weighted by Gasteiger charge is -2.23. The van der Waals surface area contributed by atoms with Crippen LogP contribution in [0.4, 0.5) is 5.00 Å². The second-order valence-corrected chi connectivity index (χ2v) is 9.24. The standard InChI is InChI=1S/C20H22N2O4S/c23-17(14-9-4-5-10(8-9)15(14)20(25)26)22-19-16(18(24)21-11-6-7-11)12-2-1-3-13(12)27-19/h4-5,9-11,14-15H,1-3,6-8H2,(H,21,24)(H,22,23)(H,25,26)/t9-,10-,14+,15-/m0/s1. The fraction of sp³-hybridized carbons (Fsp3) is 0.550. The molecule has 0 saturated heterocycles. The molecule has 2 fully saturated rings. The third-order valence-electron chi connectivity index (χ3n) is 6.34. The quantitative estimate of drug-likeness (QED) is 0.678. The minimum Gasteiger partial charge on any atom is -0.481 e. The number of hydrogen-bond acceptors (Lipinski definition) is 4. The van der Waals surface area contributed by atoms with Crippen LogP contribution in [0.2, 0.25) is 0 Å². The van der Waals surface area contributed by atoms with E-state index in [0.717, 1.165) is 44.1 Å². The van der Waals surface area contributed by atoms with Crippen LogP contribution < -0.4 is 10.6 Å². The summed E-state index contributed by atoms with van der Waals surface area (Å²) in [6.07, 6.45) is 9.50. The van der Waals surface area contributed by atoms with E-state index in [1.165, 1.54) is 16.2 Å². The summed E-state index contributed by atoms with van der Waals surface area (Å²) in [5.41, 5.74) is 1.68. The van der Waals surface area contributed by atoms with Gasteiger partial charge in [0.05, 0.1) is 17.4 Å². The Morgan fingerprint density at radius 2 is 1.81 bits per heavy atom. The molecule has 3 N–H and O–H groups in total. The van der Waals surface area contributed by atoms with E-state index in [0.29, 0.717) is 10.6 Å². The summed E-state index contributed by atoms with van der Waals surface area (Å²) in [4.78, 5) is 38.7. The first kappa shape index (κ1) is 17.0. The number of amides is 2. The predicted octanol–water partition coefficient (Wildman–Crippen LogP) is 2.59. The minimum atomic E-state index is -0.910. The highest BCUT2D eigenvalue weighted by Gasteiger charge is 2.51. The van der Waals surface area contributed by atoms with Crippen LogP contribution in [0.3, 0.4) is 0 Å². The lowest BCUT2D eigenvalue weighted by Crippen LogP contribution is -2.36. The van der Waals surface area contributed by atoms with Crippen molar-refractivity contribution >= 4 is 34.1 Å². The number of nitrogens with one attached hydrogen (secondary N) is 2. The summed E-state index contributed by atoms with van der Waals surface area (Å²) >= 11 is 1.48. The molecule has 4 atom stereocenters. The smallest absolute Gasteiger partial charge is 0.307 e. The normalized spacial score (nSPS) is 30.4. The zero-order chi connectivity index (χ0) is 18.7. The van der Waals surface area contributed by atoms with Gasteiger partial charge >= 0.3 is 5.97 Å². The monoisotopic (exact) mass is 386 g/mol. The number of rotatable bonds is 5. The van der Waals surface area contributed by atoms with Crippen LogP contribution in [-0.4, -0.2) is 28.9 Å². The molecule has 1 aromatic heterocycles. The maximum Gasteiger partial charge on any atom is 0.307 e. The number of carbonyl (C=O) groups is 3. The highest BCUT2D eigenvalue weighted by molar-refractivity contribution is 7.17. The zero-order valence-electron chi connectivity index (χ0n) is 14.9. The number of carboxylic acid groups (broad SMARTS) is 1. The molecule has 0 unspecified atom stereocenters. The molecule has 5 rings (SSSR count). The van der Waals surface area contributed by atoms with Gasteiger partial charge in [-0.2, -0.15) is 0 Å². The molecule has 1 aromatic rings. The van der Waals surface area contributed by atoms with Crippen molar-refractivity contribution in [3.63, 3.8) is 0 Å². The molecule has 2 amide bonds. The zero-order valence-corrected chi connectivity index (χ0v) is 15.7. The van der Waals surface area contributed by atoms with Crippen LogP contribution in [0.1, 0.15) is 46.5 Å². The number of anilines is 1. The Morgan fingerprint density at radius 1 is 1.07 bits per heavy atom. The Labute approximate surface area is 161 Å². The largest absolute Gasteiger partial charge is 0.481 e. The van der Waals surface area contributed by atoms with E-state index in [-0.39, 0.29) is 29.7 Å². The average Bonchev–Trinajstić information content (AvgIpc) is 3.02. The molecule has 6 nitrogen and oxygen atoms in total. The van der Waals surface area contributed by atoms with E-state index in [1.807, 2.05) is 12.2 Å². The topological polar surface area (TPSA) is 95.5 Å². The Balaban J connectivity index is 1.42. The van der Waals surface area contributed by atoms with Crippen LogP contribution in [-0.2, 0) is 22.4 Å². The van der Waals surface area contributed by atoms with Crippen molar-refractivity contribution in [3.8, 4) is 0 Å². The minimum absolute atomic E-state index is 0.0216. The molecule has 0 aromatic carbocycles. The number of thiophene rings is 1. The van der Waals surface area contributed by atoms with Crippen LogP contribution in [0.15, 0.2) is 12.2 Å². The van der Waals surface area contributed by atoms with Crippen LogP contribution in [0.25, 0.3) is 0 Å². The van der Waals surface area contributed by atoms with Gasteiger partial charge in [0.2, 0.25) is 5.91 Å². The van der Waals surface area contributed by atoms with E-state index in [2.05, 4.69) is 10.6 Å². The third-order valence-corrected chi connectivity index (χ3v) is 7.55. The fourth-order valence-corrected chi connectivity index (χ4v) is 6.22. The maximum absolute atomic E-state index is 13.0. The Bertz CT molecular complexity index is 870. The van der Waals surface area contributed by atoms with Crippen molar-refractivity contribution < 1.29 is 19.5 Å². The number of aliphatic carboxylic acids is 1. The summed E-state index contributed by atoms with van der Waals surface area (Å²) in [7, 11) is 0. The van der Waals surface area contributed by atoms with Gasteiger partial charge in [0.15, 0.2) is 0 Å².